The van der Waals surface area contributed by atoms with Gasteiger partial charge in [-0.2, -0.15) is 0 Å². The van der Waals surface area contributed by atoms with Crippen molar-refractivity contribution in [3.8, 4) is 5.75 Å². The molecule has 0 amide bonds. The minimum Gasteiger partial charge on any atom is -0.488 e. The van der Waals surface area contributed by atoms with Crippen molar-refractivity contribution < 1.29 is 9.13 Å². The van der Waals surface area contributed by atoms with E-state index in [-0.39, 0.29) is 12.4 Å². The summed E-state index contributed by atoms with van der Waals surface area (Å²) in [5.41, 5.74) is 2.79. The molecule has 4 heteroatoms. The molecule has 4 rings (SSSR count). The van der Waals surface area contributed by atoms with Crippen molar-refractivity contribution in [1.29, 1.82) is 0 Å². The molecule has 0 fully saturated rings. The third kappa shape index (κ3) is 5.48. The second-order valence-corrected chi connectivity index (χ2v) is 8.47. The van der Waals surface area contributed by atoms with Gasteiger partial charge in [0.1, 0.15) is 18.2 Å². The third-order valence-electron chi connectivity index (χ3n) is 5.77. The van der Waals surface area contributed by atoms with E-state index in [4.69, 9.17) is 16.3 Å². The average molecular weight is 448 g/mol. The van der Waals surface area contributed by atoms with Gasteiger partial charge in [0.05, 0.1) is 5.02 Å². The highest BCUT2D eigenvalue weighted by molar-refractivity contribution is 6.31. The van der Waals surface area contributed by atoms with Gasteiger partial charge < -0.3 is 10.1 Å². The summed E-state index contributed by atoms with van der Waals surface area (Å²) < 4.78 is 20.3. The van der Waals surface area contributed by atoms with Crippen molar-refractivity contribution in [3.63, 3.8) is 0 Å². The summed E-state index contributed by atoms with van der Waals surface area (Å²) in [6.45, 7) is 2.95. The van der Waals surface area contributed by atoms with Crippen LogP contribution >= 0.6 is 11.6 Å². The van der Waals surface area contributed by atoms with Gasteiger partial charge in [-0.3, -0.25) is 0 Å². The van der Waals surface area contributed by atoms with E-state index in [1.54, 1.807) is 12.1 Å². The lowest BCUT2D eigenvalue weighted by molar-refractivity contribution is 0.296. The number of halogens is 2. The van der Waals surface area contributed by atoms with Crippen molar-refractivity contribution in [2.45, 2.75) is 39.0 Å². The topological polar surface area (TPSA) is 21.3 Å². The second kappa shape index (κ2) is 10.6. The number of fused-ring (bicyclic) bond motifs is 1. The average Bonchev–Trinajstić information content (AvgIpc) is 2.82. The minimum atomic E-state index is -0.354. The maximum absolute atomic E-state index is 14.2. The fourth-order valence-corrected chi connectivity index (χ4v) is 4.08. The van der Waals surface area contributed by atoms with Crippen molar-refractivity contribution in [2.24, 2.45) is 0 Å². The molecule has 1 N–H and O–H groups in total. The van der Waals surface area contributed by atoms with Crippen LogP contribution in [0, 0.1) is 5.82 Å². The largest absolute Gasteiger partial charge is 0.488 e. The second-order valence-electron chi connectivity index (χ2n) is 8.06. The fraction of sp³-hybridized carbons (Fsp3) is 0.214. The summed E-state index contributed by atoms with van der Waals surface area (Å²) in [5.74, 6) is 0.387. The molecule has 2 nitrogen and oxygen atoms in total. The number of hydrogen-bond acceptors (Lipinski definition) is 2. The van der Waals surface area contributed by atoms with E-state index in [0.29, 0.717) is 23.2 Å². The Kier molecular flexibility index (Phi) is 7.41. The molecule has 0 saturated heterocycles. The lowest BCUT2D eigenvalue weighted by Crippen LogP contribution is -2.26. The molecule has 0 saturated carbocycles. The number of nitrogens with one attached hydrogen (secondary N) is 1. The van der Waals surface area contributed by atoms with Crippen LogP contribution in [-0.4, -0.2) is 6.04 Å². The van der Waals surface area contributed by atoms with Gasteiger partial charge in [-0.25, -0.2) is 4.39 Å². The Labute approximate surface area is 194 Å². The molecule has 0 radical (unpaired) electrons. The smallest absolute Gasteiger partial charge is 0.131 e. The summed E-state index contributed by atoms with van der Waals surface area (Å²) in [7, 11) is 0. The highest BCUT2D eigenvalue weighted by Crippen LogP contribution is 2.30. The highest BCUT2D eigenvalue weighted by atomic mass is 35.5. The zero-order valence-corrected chi connectivity index (χ0v) is 18.9. The van der Waals surface area contributed by atoms with E-state index in [0.717, 1.165) is 34.9 Å². The van der Waals surface area contributed by atoms with Crippen molar-refractivity contribution >= 4 is 22.4 Å². The van der Waals surface area contributed by atoms with Gasteiger partial charge >= 0.3 is 0 Å². The molecule has 0 unspecified atom stereocenters. The lowest BCUT2D eigenvalue weighted by atomic mass is 10.0. The fourth-order valence-electron chi connectivity index (χ4n) is 3.86. The van der Waals surface area contributed by atoms with Crippen LogP contribution in [-0.2, 0) is 19.6 Å². The molecule has 0 bridgehead atoms. The normalized spacial score (nSPS) is 12.1. The van der Waals surface area contributed by atoms with Crippen LogP contribution in [0.4, 0.5) is 4.39 Å². The maximum Gasteiger partial charge on any atom is 0.131 e. The molecule has 164 valence electrons. The van der Waals surface area contributed by atoms with Gasteiger partial charge in [0, 0.05) is 23.7 Å². The molecular formula is C28H27ClFNO. The van der Waals surface area contributed by atoms with E-state index in [1.807, 2.05) is 30.3 Å². The molecule has 0 aliphatic carbocycles. The molecule has 1 atom stereocenters. The van der Waals surface area contributed by atoms with Gasteiger partial charge in [0.2, 0.25) is 0 Å². The molecule has 0 aliphatic heterocycles. The van der Waals surface area contributed by atoms with Crippen LogP contribution in [0.15, 0.2) is 84.9 Å². The Hall–Kier alpha value is -2.88. The van der Waals surface area contributed by atoms with Gasteiger partial charge in [-0.15, -0.1) is 0 Å². The van der Waals surface area contributed by atoms with E-state index in [2.05, 4.69) is 48.6 Å². The Morgan fingerprint density at radius 1 is 0.875 bits per heavy atom. The zero-order chi connectivity index (χ0) is 22.3. The predicted molar refractivity (Wildman–Crippen MR) is 131 cm³/mol. The Morgan fingerprint density at radius 2 is 1.66 bits per heavy atom. The van der Waals surface area contributed by atoms with E-state index < -0.39 is 0 Å². The monoisotopic (exact) mass is 447 g/mol. The summed E-state index contributed by atoms with van der Waals surface area (Å²) in [6, 6.07) is 27.8. The van der Waals surface area contributed by atoms with Crippen LogP contribution in [0.3, 0.4) is 0 Å². The first-order valence-electron chi connectivity index (χ1n) is 11.0. The molecular weight excluding hydrogens is 421 g/mol. The Morgan fingerprint density at radius 3 is 2.47 bits per heavy atom. The number of ether oxygens (including phenoxy) is 1. The minimum absolute atomic E-state index is 0.0837. The summed E-state index contributed by atoms with van der Waals surface area (Å²) in [6.07, 6.45) is 2.06. The molecule has 4 aromatic carbocycles. The maximum atomic E-state index is 14.2. The molecule has 0 heterocycles. The first-order chi connectivity index (χ1) is 15.6. The van der Waals surface area contributed by atoms with Gasteiger partial charge in [-0.1, -0.05) is 78.3 Å². The van der Waals surface area contributed by atoms with Crippen LogP contribution in [0.5, 0.6) is 5.75 Å². The molecule has 4 aromatic rings. The quantitative estimate of drug-likeness (QED) is 0.290. The predicted octanol–water partition coefficient (Wildman–Crippen LogP) is 7.32. The molecule has 0 spiro atoms. The van der Waals surface area contributed by atoms with Crippen LogP contribution in [0.25, 0.3) is 10.8 Å². The van der Waals surface area contributed by atoms with Crippen LogP contribution in [0.2, 0.25) is 5.02 Å². The lowest BCUT2D eigenvalue weighted by Gasteiger charge is -2.18. The van der Waals surface area contributed by atoms with Crippen LogP contribution in [0.1, 0.15) is 30.0 Å². The first-order valence-corrected chi connectivity index (χ1v) is 11.3. The zero-order valence-electron chi connectivity index (χ0n) is 18.2. The summed E-state index contributed by atoms with van der Waals surface area (Å²) >= 11 is 6.19. The number of aryl methyl sites for hydroxylation is 1. The van der Waals surface area contributed by atoms with Gasteiger partial charge in [0.25, 0.3) is 0 Å². The first kappa shape index (κ1) is 22.3. The van der Waals surface area contributed by atoms with Gasteiger partial charge in [0.15, 0.2) is 0 Å². The van der Waals surface area contributed by atoms with Crippen molar-refractivity contribution in [2.75, 3.05) is 0 Å². The number of rotatable bonds is 9. The molecule has 0 aromatic heterocycles. The standard InChI is InChI=1S/C28H27ClFNO/c1-20(14-15-21-8-3-2-4-9-21)31-18-24-23-11-6-5-10-22(23)16-17-28(24)32-19-25-26(29)12-7-13-27(25)30/h2-13,16-17,20,31H,14-15,18-19H2,1H3/t20-/m1/s1. The molecule has 0 aliphatic rings. The number of hydrogen-bond donors (Lipinski definition) is 1. The van der Waals surface area contributed by atoms with E-state index in [9.17, 15) is 4.39 Å². The number of benzene rings is 4. The highest BCUT2D eigenvalue weighted by Gasteiger charge is 2.13. The third-order valence-corrected chi connectivity index (χ3v) is 6.12. The molecule has 32 heavy (non-hydrogen) atoms. The van der Waals surface area contributed by atoms with Crippen LogP contribution < -0.4 is 10.1 Å². The van der Waals surface area contributed by atoms with E-state index >= 15 is 0 Å². The van der Waals surface area contributed by atoms with Gasteiger partial charge in [-0.05, 0) is 54.3 Å². The summed E-state index contributed by atoms with van der Waals surface area (Å²) in [5, 5.41) is 6.30. The van der Waals surface area contributed by atoms with Crippen molar-refractivity contribution in [1.82, 2.24) is 5.32 Å². The SMILES string of the molecule is C[C@H](CCc1ccccc1)NCc1c(OCc2c(F)cccc2Cl)ccc2ccccc12. The van der Waals surface area contributed by atoms with E-state index in [1.165, 1.54) is 11.6 Å². The van der Waals surface area contributed by atoms with Crippen molar-refractivity contribution in [3.05, 3.63) is 112 Å². The summed E-state index contributed by atoms with van der Waals surface area (Å²) in [4.78, 5) is 0. The Bertz CT molecular complexity index is 1160. The Balaban J connectivity index is 1.50.